The zero-order valence-electron chi connectivity index (χ0n) is 13.2. The topological polar surface area (TPSA) is 44.5 Å². The van der Waals surface area contributed by atoms with Crippen molar-refractivity contribution in [2.75, 3.05) is 13.2 Å². The van der Waals surface area contributed by atoms with Crippen LogP contribution in [-0.2, 0) is 6.42 Å². The van der Waals surface area contributed by atoms with Crippen LogP contribution in [0.2, 0.25) is 0 Å². The zero-order chi connectivity index (χ0) is 14.8. The van der Waals surface area contributed by atoms with Gasteiger partial charge >= 0.3 is 0 Å². The molecule has 0 aliphatic rings. The lowest BCUT2D eigenvalue weighted by molar-refractivity contribution is 0.294. The molecule has 1 aromatic rings. The van der Waals surface area contributed by atoms with Crippen LogP contribution < -0.4 is 15.2 Å². The van der Waals surface area contributed by atoms with E-state index in [9.17, 15) is 0 Å². The van der Waals surface area contributed by atoms with Gasteiger partial charge in [0.25, 0.3) is 0 Å². The standard InChI is InChI=1S/C17H29NO2/c1-4-7-11-20-17-13-16(19-10-5-2)9-8-14(17)12-15(18)6-3/h8-9,13,15H,4-7,10-12,18H2,1-3H3. The molecule has 1 atom stereocenters. The summed E-state index contributed by atoms with van der Waals surface area (Å²) >= 11 is 0. The van der Waals surface area contributed by atoms with Crippen molar-refractivity contribution < 1.29 is 9.47 Å². The van der Waals surface area contributed by atoms with Crippen LogP contribution in [0, 0.1) is 0 Å². The molecule has 1 rings (SSSR count). The smallest absolute Gasteiger partial charge is 0.126 e. The highest BCUT2D eigenvalue weighted by molar-refractivity contribution is 5.41. The number of nitrogens with two attached hydrogens (primary N) is 1. The van der Waals surface area contributed by atoms with Crippen molar-refractivity contribution in [2.24, 2.45) is 5.73 Å². The monoisotopic (exact) mass is 279 g/mol. The third-order valence-electron chi connectivity index (χ3n) is 3.27. The van der Waals surface area contributed by atoms with Gasteiger partial charge in [-0.1, -0.05) is 33.3 Å². The Hall–Kier alpha value is -1.22. The number of ether oxygens (including phenoxy) is 2. The van der Waals surface area contributed by atoms with E-state index in [0.717, 1.165) is 56.8 Å². The second-order valence-corrected chi connectivity index (χ2v) is 5.19. The van der Waals surface area contributed by atoms with Crippen LogP contribution in [0.4, 0.5) is 0 Å². The Morgan fingerprint density at radius 1 is 1.05 bits per heavy atom. The Bertz CT molecular complexity index is 379. The first kappa shape index (κ1) is 16.8. The van der Waals surface area contributed by atoms with E-state index in [4.69, 9.17) is 15.2 Å². The lowest BCUT2D eigenvalue weighted by Gasteiger charge is -2.16. The molecular weight excluding hydrogens is 250 g/mol. The minimum absolute atomic E-state index is 0.186. The molecule has 0 aliphatic heterocycles. The number of hydrogen-bond acceptors (Lipinski definition) is 3. The van der Waals surface area contributed by atoms with Crippen LogP contribution in [0.3, 0.4) is 0 Å². The molecule has 3 nitrogen and oxygen atoms in total. The van der Waals surface area contributed by atoms with E-state index in [0.29, 0.717) is 0 Å². The highest BCUT2D eigenvalue weighted by atomic mass is 16.5. The van der Waals surface area contributed by atoms with Crippen LogP contribution in [0.25, 0.3) is 0 Å². The zero-order valence-corrected chi connectivity index (χ0v) is 13.2. The van der Waals surface area contributed by atoms with E-state index >= 15 is 0 Å². The van der Waals surface area contributed by atoms with E-state index in [1.807, 2.05) is 12.1 Å². The van der Waals surface area contributed by atoms with Crippen molar-refractivity contribution >= 4 is 0 Å². The van der Waals surface area contributed by atoms with E-state index in [2.05, 4.69) is 26.8 Å². The average molecular weight is 279 g/mol. The fourth-order valence-electron chi connectivity index (χ4n) is 1.90. The van der Waals surface area contributed by atoms with E-state index in [1.165, 1.54) is 5.56 Å². The van der Waals surface area contributed by atoms with E-state index < -0.39 is 0 Å². The molecule has 0 heterocycles. The van der Waals surface area contributed by atoms with Gasteiger partial charge < -0.3 is 15.2 Å². The maximum absolute atomic E-state index is 6.06. The van der Waals surface area contributed by atoms with Gasteiger partial charge in [-0.3, -0.25) is 0 Å². The average Bonchev–Trinajstić information content (AvgIpc) is 2.47. The van der Waals surface area contributed by atoms with Crippen LogP contribution >= 0.6 is 0 Å². The van der Waals surface area contributed by atoms with Crippen molar-refractivity contribution in [3.8, 4) is 11.5 Å². The van der Waals surface area contributed by atoms with Gasteiger partial charge in [0.1, 0.15) is 11.5 Å². The van der Waals surface area contributed by atoms with Crippen molar-refractivity contribution in [1.82, 2.24) is 0 Å². The lowest BCUT2D eigenvalue weighted by Crippen LogP contribution is -2.21. The highest BCUT2D eigenvalue weighted by Crippen LogP contribution is 2.26. The third kappa shape index (κ3) is 5.83. The van der Waals surface area contributed by atoms with Crippen molar-refractivity contribution in [2.45, 2.75) is 58.9 Å². The third-order valence-corrected chi connectivity index (χ3v) is 3.27. The first-order chi connectivity index (χ1) is 9.71. The molecule has 1 unspecified atom stereocenters. The second kappa shape index (κ2) is 9.65. The van der Waals surface area contributed by atoms with Gasteiger partial charge in [-0.15, -0.1) is 0 Å². The maximum atomic E-state index is 6.06. The van der Waals surface area contributed by atoms with Crippen molar-refractivity contribution in [1.29, 1.82) is 0 Å². The van der Waals surface area contributed by atoms with Gasteiger partial charge in [0.15, 0.2) is 0 Å². The quantitative estimate of drug-likeness (QED) is 0.660. The molecule has 114 valence electrons. The van der Waals surface area contributed by atoms with Crippen molar-refractivity contribution in [3.05, 3.63) is 23.8 Å². The SMILES string of the molecule is CCCCOc1cc(OCCC)ccc1CC(N)CC. The molecule has 0 spiro atoms. The van der Waals surface area contributed by atoms with Gasteiger partial charge in [0, 0.05) is 12.1 Å². The summed E-state index contributed by atoms with van der Waals surface area (Å²) in [5.74, 6) is 1.81. The summed E-state index contributed by atoms with van der Waals surface area (Å²) in [6, 6.07) is 6.29. The Labute approximate surface area is 123 Å². The number of rotatable bonds is 10. The number of hydrogen-bond donors (Lipinski definition) is 1. The molecule has 2 N–H and O–H groups in total. The Morgan fingerprint density at radius 2 is 1.85 bits per heavy atom. The van der Waals surface area contributed by atoms with Crippen LogP contribution in [0.15, 0.2) is 18.2 Å². The van der Waals surface area contributed by atoms with Gasteiger partial charge in [-0.25, -0.2) is 0 Å². The molecule has 1 aromatic carbocycles. The van der Waals surface area contributed by atoms with Gasteiger partial charge in [0.2, 0.25) is 0 Å². The van der Waals surface area contributed by atoms with Gasteiger partial charge in [0.05, 0.1) is 13.2 Å². The summed E-state index contributed by atoms with van der Waals surface area (Å²) in [6.45, 7) is 7.87. The molecule has 0 saturated carbocycles. The van der Waals surface area contributed by atoms with Gasteiger partial charge in [-0.2, -0.15) is 0 Å². The molecule has 0 bridgehead atoms. The Kier molecular flexibility index (Phi) is 8.12. The Morgan fingerprint density at radius 3 is 2.50 bits per heavy atom. The molecule has 0 fully saturated rings. The summed E-state index contributed by atoms with van der Waals surface area (Å²) in [5.41, 5.74) is 7.24. The normalized spacial score (nSPS) is 12.2. The number of unbranched alkanes of at least 4 members (excludes halogenated alkanes) is 1. The number of benzene rings is 1. The Balaban J connectivity index is 2.78. The van der Waals surface area contributed by atoms with Crippen molar-refractivity contribution in [3.63, 3.8) is 0 Å². The van der Waals surface area contributed by atoms with E-state index in [-0.39, 0.29) is 6.04 Å². The molecule has 0 saturated heterocycles. The van der Waals surface area contributed by atoms with Gasteiger partial charge in [-0.05, 0) is 37.3 Å². The molecule has 0 aromatic heterocycles. The summed E-state index contributed by atoms with van der Waals surface area (Å²) in [5, 5.41) is 0. The fourth-order valence-corrected chi connectivity index (χ4v) is 1.90. The predicted octanol–water partition coefficient (Wildman–Crippen LogP) is 3.93. The minimum Gasteiger partial charge on any atom is -0.493 e. The molecule has 20 heavy (non-hydrogen) atoms. The van der Waals surface area contributed by atoms with Crippen LogP contribution in [-0.4, -0.2) is 19.3 Å². The minimum atomic E-state index is 0.186. The molecule has 0 amide bonds. The maximum Gasteiger partial charge on any atom is 0.126 e. The van der Waals surface area contributed by atoms with Crippen LogP contribution in [0.1, 0.15) is 52.0 Å². The predicted molar refractivity (Wildman–Crippen MR) is 84.6 cm³/mol. The molecular formula is C17H29NO2. The lowest BCUT2D eigenvalue weighted by atomic mass is 10.0. The highest BCUT2D eigenvalue weighted by Gasteiger charge is 2.09. The van der Waals surface area contributed by atoms with Crippen LogP contribution in [0.5, 0.6) is 11.5 Å². The molecule has 0 radical (unpaired) electrons. The summed E-state index contributed by atoms with van der Waals surface area (Å²) in [7, 11) is 0. The summed E-state index contributed by atoms with van der Waals surface area (Å²) in [6.07, 6.45) is 5.04. The summed E-state index contributed by atoms with van der Waals surface area (Å²) < 4.78 is 11.6. The fraction of sp³-hybridized carbons (Fsp3) is 0.647. The largest absolute Gasteiger partial charge is 0.493 e. The summed E-state index contributed by atoms with van der Waals surface area (Å²) in [4.78, 5) is 0. The van der Waals surface area contributed by atoms with E-state index in [1.54, 1.807) is 0 Å². The second-order valence-electron chi connectivity index (χ2n) is 5.19. The first-order valence-corrected chi connectivity index (χ1v) is 7.85. The first-order valence-electron chi connectivity index (χ1n) is 7.85. The molecule has 3 heteroatoms. The molecule has 0 aliphatic carbocycles.